The number of hydroxylamine groups is 2. The van der Waals surface area contributed by atoms with E-state index in [1.54, 1.807) is 26.2 Å². The average molecular weight is 277 g/mol. The molecule has 0 saturated heterocycles. The van der Waals surface area contributed by atoms with Gasteiger partial charge in [0.15, 0.2) is 0 Å². The Morgan fingerprint density at radius 1 is 1.00 bits per heavy atom. The molecule has 0 bridgehead atoms. The van der Waals surface area contributed by atoms with Gasteiger partial charge < -0.3 is 4.89 Å². The minimum Gasteiger partial charge on any atom is -0.320 e. The van der Waals surface area contributed by atoms with Crippen molar-refractivity contribution in [3.63, 3.8) is 0 Å². The van der Waals surface area contributed by atoms with Gasteiger partial charge in [-0.25, -0.2) is 4.62 Å². The molecule has 2 aromatic carbocycles. The highest BCUT2D eigenvalue weighted by Gasteiger charge is 2.27. The monoisotopic (exact) mass is 277 g/mol. The average Bonchev–Trinajstić information content (AvgIpc) is 2.38. The first-order chi connectivity index (χ1) is 9.00. The normalized spacial score (nSPS) is 14.3. The lowest BCUT2D eigenvalue weighted by atomic mass is 10.1. The van der Waals surface area contributed by atoms with E-state index in [-0.39, 0.29) is 0 Å². The van der Waals surface area contributed by atoms with Gasteiger partial charge in [0, 0.05) is 14.1 Å². The van der Waals surface area contributed by atoms with Crippen molar-refractivity contribution in [1.29, 1.82) is 0 Å². The number of hydrogen-bond donors (Lipinski definition) is 1. The maximum Gasteiger partial charge on any atom is 0.375 e. The van der Waals surface area contributed by atoms with Crippen LogP contribution < -0.4 is 5.30 Å². The van der Waals surface area contributed by atoms with E-state index < -0.39 is 7.60 Å². The lowest BCUT2D eigenvalue weighted by Crippen LogP contribution is -2.17. The van der Waals surface area contributed by atoms with E-state index in [9.17, 15) is 9.46 Å². The first-order valence-corrected chi connectivity index (χ1v) is 7.43. The zero-order valence-electron chi connectivity index (χ0n) is 10.9. The van der Waals surface area contributed by atoms with Crippen LogP contribution in [0.25, 0.3) is 11.1 Å². The van der Waals surface area contributed by atoms with Crippen LogP contribution in [-0.2, 0) is 9.19 Å². The van der Waals surface area contributed by atoms with E-state index in [1.165, 1.54) is 5.06 Å². The molecule has 2 aromatic rings. The van der Waals surface area contributed by atoms with Crippen molar-refractivity contribution < 1.29 is 14.1 Å². The van der Waals surface area contributed by atoms with Crippen LogP contribution >= 0.6 is 7.60 Å². The summed E-state index contributed by atoms with van der Waals surface area (Å²) in [5.74, 6) is 0. The summed E-state index contributed by atoms with van der Waals surface area (Å²) >= 11 is 0. The number of nitrogens with zero attached hydrogens (tertiary/aromatic N) is 1. The molecule has 4 nitrogen and oxygen atoms in total. The summed E-state index contributed by atoms with van der Waals surface area (Å²) in [5.41, 5.74) is 1.59. The number of hydrogen-bond acceptors (Lipinski definition) is 3. The summed E-state index contributed by atoms with van der Waals surface area (Å²) < 4.78 is 17.3. The van der Waals surface area contributed by atoms with Crippen molar-refractivity contribution in [3.05, 3.63) is 54.6 Å². The molecule has 100 valence electrons. The second-order valence-electron chi connectivity index (χ2n) is 4.30. The summed E-state index contributed by atoms with van der Waals surface area (Å²) in [6, 6.07) is 16.5. The summed E-state index contributed by atoms with van der Waals surface area (Å²) in [7, 11) is -0.723. The predicted molar refractivity (Wildman–Crippen MR) is 76.1 cm³/mol. The van der Waals surface area contributed by atoms with Gasteiger partial charge in [-0.1, -0.05) is 48.5 Å². The summed E-state index contributed by atoms with van der Waals surface area (Å²) in [5, 5.41) is 1.54. The van der Waals surface area contributed by atoms with Gasteiger partial charge in [0.05, 0.1) is 5.30 Å². The van der Waals surface area contributed by atoms with Crippen LogP contribution in [0.3, 0.4) is 0 Å². The van der Waals surface area contributed by atoms with E-state index in [0.717, 1.165) is 5.56 Å². The lowest BCUT2D eigenvalue weighted by molar-refractivity contribution is -0.0111. The summed E-state index contributed by atoms with van der Waals surface area (Å²) in [6.45, 7) is 0. The summed E-state index contributed by atoms with van der Waals surface area (Å²) in [4.78, 5) is 10.1. The van der Waals surface area contributed by atoms with Gasteiger partial charge >= 0.3 is 7.60 Å². The molecule has 5 heteroatoms. The van der Waals surface area contributed by atoms with Crippen molar-refractivity contribution in [3.8, 4) is 11.1 Å². The fourth-order valence-corrected chi connectivity index (χ4v) is 3.16. The molecular weight excluding hydrogens is 261 g/mol. The van der Waals surface area contributed by atoms with E-state index in [0.29, 0.717) is 10.9 Å². The van der Waals surface area contributed by atoms with Crippen LogP contribution in [0.15, 0.2) is 54.6 Å². The molecule has 0 spiro atoms. The number of rotatable bonds is 4. The molecule has 1 N–H and O–H groups in total. The minimum absolute atomic E-state index is 0.301. The topological polar surface area (TPSA) is 49.8 Å². The van der Waals surface area contributed by atoms with Crippen LogP contribution in [0.4, 0.5) is 0 Å². The second-order valence-corrected chi connectivity index (χ2v) is 5.98. The second kappa shape index (κ2) is 5.68. The molecular formula is C14H16NO3P. The molecule has 0 radical (unpaired) electrons. The van der Waals surface area contributed by atoms with Gasteiger partial charge in [-0.2, -0.15) is 5.06 Å². The van der Waals surface area contributed by atoms with Gasteiger partial charge in [-0.3, -0.25) is 4.57 Å². The van der Waals surface area contributed by atoms with Crippen molar-refractivity contribution in [2.75, 3.05) is 14.1 Å². The van der Waals surface area contributed by atoms with E-state index in [1.807, 2.05) is 42.5 Å². The van der Waals surface area contributed by atoms with Crippen molar-refractivity contribution in [2.45, 2.75) is 0 Å². The first-order valence-electron chi connectivity index (χ1n) is 5.85. The van der Waals surface area contributed by atoms with E-state index >= 15 is 0 Å². The minimum atomic E-state index is -3.88. The smallest absolute Gasteiger partial charge is 0.320 e. The molecule has 0 heterocycles. The van der Waals surface area contributed by atoms with Crippen LogP contribution in [-0.4, -0.2) is 24.1 Å². The Kier molecular flexibility index (Phi) is 4.17. The van der Waals surface area contributed by atoms with E-state index in [4.69, 9.17) is 4.62 Å². The Morgan fingerprint density at radius 3 is 2.21 bits per heavy atom. The van der Waals surface area contributed by atoms with Gasteiger partial charge in [0.1, 0.15) is 0 Å². The molecule has 0 aromatic heterocycles. The molecule has 19 heavy (non-hydrogen) atoms. The molecule has 1 unspecified atom stereocenters. The molecule has 0 aliphatic heterocycles. The molecule has 0 amide bonds. The van der Waals surface area contributed by atoms with Crippen molar-refractivity contribution >= 4 is 12.9 Å². The molecule has 1 atom stereocenters. The quantitative estimate of drug-likeness (QED) is 0.689. The third kappa shape index (κ3) is 3.31. The Balaban J connectivity index is 2.51. The van der Waals surface area contributed by atoms with Crippen LogP contribution in [0.5, 0.6) is 0 Å². The third-order valence-electron chi connectivity index (χ3n) is 2.57. The van der Waals surface area contributed by atoms with Crippen LogP contribution in [0.2, 0.25) is 0 Å². The zero-order chi connectivity index (χ0) is 13.9. The predicted octanol–water partition coefficient (Wildman–Crippen LogP) is 2.66. The van der Waals surface area contributed by atoms with Gasteiger partial charge in [0.2, 0.25) is 0 Å². The highest BCUT2D eigenvalue weighted by molar-refractivity contribution is 7.61. The fraction of sp³-hybridized carbons (Fsp3) is 0.143. The van der Waals surface area contributed by atoms with E-state index in [2.05, 4.69) is 0 Å². The van der Waals surface area contributed by atoms with Crippen molar-refractivity contribution in [1.82, 2.24) is 5.06 Å². The molecule has 0 fully saturated rings. The Morgan fingerprint density at radius 2 is 1.58 bits per heavy atom. The lowest BCUT2D eigenvalue weighted by Gasteiger charge is -2.19. The largest absolute Gasteiger partial charge is 0.375 e. The van der Waals surface area contributed by atoms with Gasteiger partial charge in [-0.05, 0) is 17.2 Å². The number of benzene rings is 2. The Hall–Kier alpha value is -1.45. The summed E-state index contributed by atoms with van der Waals surface area (Å²) in [6.07, 6.45) is 0. The van der Waals surface area contributed by atoms with Crippen LogP contribution in [0, 0.1) is 0 Å². The molecule has 2 rings (SSSR count). The Labute approximate surface area is 112 Å². The molecule has 0 aliphatic carbocycles. The van der Waals surface area contributed by atoms with Crippen molar-refractivity contribution in [2.24, 2.45) is 0 Å². The maximum atomic E-state index is 12.3. The highest BCUT2D eigenvalue weighted by atomic mass is 31.2. The van der Waals surface area contributed by atoms with Gasteiger partial charge in [-0.15, -0.1) is 0 Å². The third-order valence-corrected chi connectivity index (χ3v) is 4.11. The molecule has 0 saturated carbocycles. The Bertz CT molecular complexity index is 599. The maximum absolute atomic E-state index is 12.3. The zero-order valence-corrected chi connectivity index (χ0v) is 11.7. The first kappa shape index (κ1) is 14.0. The fourth-order valence-electron chi connectivity index (χ4n) is 1.85. The standard InChI is InChI=1S/C14H16NO3P/c1-15(2)18-19(16,17)14-11-7-6-10-13(14)12-8-4-3-5-9-12/h3-11H,1-2H3,(H,16,17). The van der Waals surface area contributed by atoms with Crippen LogP contribution in [0.1, 0.15) is 0 Å². The van der Waals surface area contributed by atoms with Gasteiger partial charge in [0.25, 0.3) is 0 Å². The molecule has 0 aliphatic rings. The SMILES string of the molecule is CN(C)OP(=O)(O)c1ccccc1-c1ccccc1. The highest BCUT2D eigenvalue weighted by Crippen LogP contribution is 2.44.